The molecule has 0 N–H and O–H groups in total. The molecule has 4 rings (SSSR count). The van der Waals surface area contributed by atoms with E-state index in [9.17, 15) is 9.59 Å². The molecule has 6 heteroatoms. The zero-order valence-corrected chi connectivity index (χ0v) is 32.4. The van der Waals surface area contributed by atoms with E-state index in [1.807, 2.05) is 19.9 Å². The molecule has 4 unspecified atom stereocenters. The molecule has 2 heterocycles. The minimum atomic E-state index is -0.630. The fourth-order valence-corrected chi connectivity index (χ4v) is 7.74. The van der Waals surface area contributed by atoms with Crippen molar-refractivity contribution in [2.24, 2.45) is 27.2 Å². The molecule has 0 bridgehead atoms. The highest BCUT2D eigenvalue weighted by Gasteiger charge is 2.47. The number of benzene rings is 2. The second-order valence-corrected chi connectivity index (χ2v) is 14.5. The lowest BCUT2D eigenvalue weighted by Gasteiger charge is -2.48. The first-order valence-electron chi connectivity index (χ1n) is 18.4. The Morgan fingerprint density at radius 3 is 2.02 bits per heavy atom. The van der Waals surface area contributed by atoms with Crippen molar-refractivity contribution < 1.29 is 19.1 Å². The molecule has 0 saturated heterocycles. The van der Waals surface area contributed by atoms with Crippen LogP contribution in [0.1, 0.15) is 91.2 Å². The van der Waals surface area contributed by atoms with Crippen LogP contribution in [-0.4, -0.2) is 37.6 Å². The highest BCUT2D eigenvalue weighted by atomic mass is 16.5. The minimum Gasteiger partial charge on any atom is -0.469 e. The van der Waals surface area contributed by atoms with Crippen molar-refractivity contribution in [1.29, 1.82) is 0 Å². The van der Waals surface area contributed by atoms with Crippen LogP contribution in [-0.2, 0) is 24.5 Å². The third kappa shape index (κ3) is 9.33. The Hall–Kier alpha value is -4.84. The fourth-order valence-electron chi connectivity index (χ4n) is 7.74. The second-order valence-electron chi connectivity index (χ2n) is 14.5. The van der Waals surface area contributed by atoms with Gasteiger partial charge in [0.05, 0.1) is 25.6 Å². The van der Waals surface area contributed by atoms with E-state index in [1.54, 1.807) is 0 Å². The summed E-state index contributed by atoms with van der Waals surface area (Å²) in [6, 6.07) is 12.8. The van der Waals surface area contributed by atoms with Gasteiger partial charge in [0.15, 0.2) is 0 Å². The number of methoxy groups -OCH3 is 2. The lowest BCUT2D eigenvalue weighted by Crippen LogP contribution is -2.43. The SMILES string of the molecule is C=C1N=C(C)/C=C\C(C)C(CCC(=O)OC)(CC2(CCC(=O)OC)c3cc4ccccc4cc3C(=C)N=C(C)/C=C\C2C)/C=C\C=C(/C)C=C1CC. The van der Waals surface area contributed by atoms with Crippen molar-refractivity contribution >= 4 is 39.8 Å². The average molecular weight is 701 g/mol. The third-order valence-corrected chi connectivity index (χ3v) is 11.0. The molecule has 274 valence electrons. The van der Waals surface area contributed by atoms with Crippen molar-refractivity contribution in [3.05, 3.63) is 126 Å². The third-order valence-electron chi connectivity index (χ3n) is 11.0. The number of hydrogen-bond donors (Lipinski definition) is 0. The molecule has 4 atom stereocenters. The molecule has 2 aliphatic rings. The zero-order chi connectivity index (χ0) is 38.1. The maximum Gasteiger partial charge on any atom is 0.305 e. The highest BCUT2D eigenvalue weighted by molar-refractivity contribution is 5.98. The van der Waals surface area contributed by atoms with Crippen molar-refractivity contribution in [1.82, 2.24) is 0 Å². The number of nitrogens with zero attached hydrogens (tertiary/aromatic N) is 2. The Kier molecular flexibility index (Phi) is 13.5. The van der Waals surface area contributed by atoms with E-state index in [0.29, 0.717) is 25.0 Å². The van der Waals surface area contributed by atoms with E-state index >= 15 is 0 Å². The van der Waals surface area contributed by atoms with Gasteiger partial charge in [-0.15, -0.1) is 0 Å². The second kappa shape index (κ2) is 17.6. The van der Waals surface area contributed by atoms with Crippen LogP contribution in [0.2, 0.25) is 0 Å². The Labute approximate surface area is 311 Å². The first-order valence-corrected chi connectivity index (χ1v) is 18.4. The van der Waals surface area contributed by atoms with E-state index in [2.05, 4.69) is 120 Å². The Bertz CT molecular complexity index is 1920. The van der Waals surface area contributed by atoms with Crippen LogP contribution in [0.3, 0.4) is 0 Å². The summed E-state index contributed by atoms with van der Waals surface area (Å²) in [4.78, 5) is 35.9. The molecule has 0 fully saturated rings. The summed E-state index contributed by atoms with van der Waals surface area (Å²) in [5.41, 5.74) is 6.09. The average Bonchev–Trinajstić information content (AvgIpc) is 3.17. The number of allylic oxidation sites excluding steroid dienone is 10. The maximum atomic E-state index is 13.1. The number of rotatable bonds is 9. The number of aliphatic imine (C=N–C) groups is 2. The molecule has 0 amide bonds. The predicted molar refractivity (Wildman–Crippen MR) is 217 cm³/mol. The van der Waals surface area contributed by atoms with Gasteiger partial charge in [0.1, 0.15) is 0 Å². The topological polar surface area (TPSA) is 77.3 Å². The van der Waals surface area contributed by atoms with Gasteiger partial charge in [0.2, 0.25) is 0 Å². The number of ether oxygens (including phenoxy) is 2. The van der Waals surface area contributed by atoms with Gasteiger partial charge in [-0.05, 0) is 110 Å². The fraction of sp³-hybridized carbons (Fsp3) is 0.391. The van der Waals surface area contributed by atoms with E-state index in [0.717, 1.165) is 56.6 Å². The summed E-state index contributed by atoms with van der Waals surface area (Å²) >= 11 is 0. The molecule has 0 saturated carbocycles. The number of carbonyl (C=O) groups is 2. The van der Waals surface area contributed by atoms with Gasteiger partial charge in [-0.25, -0.2) is 0 Å². The van der Waals surface area contributed by atoms with Crippen molar-refractivity contribution in [3.8, 4) is 0 Å². The van der Waals surface area contributed by atoms with Crippen LogP contribution in [0.5, 0.6) is 0 Å². The first kappa shape index (κ1) is 39.9. The van der Waals surface area contributed by atoms with Crippen molar-refractivity contribution in [2.75, 3.05) is 14.2 Å². The number of fused-ring (bicyclic) bond motifs is 2. The van der Waals surface area contributed by atoms with Crippen molar-refractivity contribution in [3.63, 3.8) is 0 Å². The lowest BCUT2D eigenvalue weighted by molar-refractivity contribution is -0.141. The molecule has 52 heavy (non-hydrogen) atoms. The smallest absolute Gasteiger partial charge is 0.305 e. The quantitative estimate of drug-likeness (QED) is 0.244. The van der Waals surface area contributed by atoms with Gasteiger partial charge in [-0.3, -0.25) is 19.6 Å². The Balaban J connectivity index is 2.12. The van der Waals surface area contributed by atoms with Crippen LogP contribution in [0.15, 0.2) is 125 Å². The van der Waals surface area contributed by atoms with Crippen LogP contribution in [0.25, 0.3) is 16.5 Å². The van der Waals surface area contributed by atoms with Crippen LogP contribution in [0.4, 0.5) is 0 Å². The Morgan fingerprint density at radius 1 is 0.827 bits per heavy atom. The monoisotopic (exact) mass is 700 g/mol. The largest absolute Gasteiger partial charge is 0.469 e. The summed E-state index contributed by atoms with van der Waals surface area (Å²) in [5.74, 6) is -0.659. The van der Waals surface area contributed by atoms with Gasteiger partial charge >= 0.3 is 11.9 Å². The maximum absolute atomic E-state index is 13.1. The van der Waals surface area contributed by atoms with Crippen LogP contribution in [0, 0.1) is 17.3 Å². The summed E-state index contributed by atoms with van der Waals surface area (Å²) < 4.78 is 10.5. The van der Waals surface area contributed by atoms with Gasteiger partial charge in [-0.1, -0.05) is 100 Å². The summed E-state index contributed by atoms with van der Waals surface area (Å²) in [7, 11) is 2.88. The zero-order valence-electron chi connectivity index (χ0n) is 32.4. The van der Waals surface area contributed by atoms with E-state index < -0.39 is 10.8 Å². The van der Waals surface area contributed by atoms with Gasteiger partial charge in [0, 0.05) is 35.2 Å². The molecule has 2 aromatic carbocycles. The molecule has 2 aliphatic heterocycles. The molecule has 0 aromatic heterocycles. The van der Waals surface area contributed by atoms with Crippen LogP contribution >= 0.6 is 0 Å². The summed E-state index contributed by atoms with van der Waals surface area (Å²) in [5, 5.41) is 2.19. The summed E-state index contributed by atoms with van der Waals surface area (Å²) in [6.07, 6.45) is 20.1. The molecule has 6 nitrogen and oxygen atoms in total. The first-order chi connectivity index (χ1) is 24.8. The molecule has 0 spiro atoms. The number of esters is 2. The molecular weight excluding hydrogens is 645 g/mol. The molecule has 0 radical (unpaired) electrons. The van der Waals surface area contributed by atoms with Gasteiger partial charge in [-0.2, -0.15) is 0 Å². The summed E-state index contributed by atoms with van der Waals surface area (Å²) in [6.45, 7) is 21.4. The highest BCUT2D eigenvalue weighted by Crippen LogP contribution is 2.54. The van der Waals surface area contributed by atoms with Crippen molar-refractivity contribution in [2.45, 2.75) is 85.5 Å². The van der Waals surface area contributed by atoms with Gasteiger partial charge < -0.3 is 9.47 Å². The molecule has 0 aliphatic carbocycles. The van der Waals surface area contributed by atoms with E-state index in [4.69, 9.17) is 19.5 Å². The lowest BCUT2D eigenvalue weighted by atomic mass is 9.55. The molecule has 2 aromatic rings. The number of carbonyl (C=O) groups excluding carboxylic acids is 2. The minimum absolute atomic E-state index is 0.0590. The van der Waals surface area contributed by atoms with Crippen LogP contribution < -0.4 is 0 Å². The van der Waals surface area contributed by atoms with Gasteiger partial charge in [0.25, 0.3) is 0 Å². The predicted octanol–water partition coefficient (Wildman–Crippen LogP) is 11.0. The molecular formula is C46H56N2O4. The van der Waals surface area contributed by atoms with E-state index in [1.165, 1.54) is 14.2 Å². The standard InChI is InChI=1S/C46H56N2O4/c1-11-38-27-31(2)15-14-24-45(25-22-43(49)51-9,32(3)18-20-34(5)47-36(38)7)30-46(26-23-44(50)52-10)33(4)19-21-35(6)48-37(8)41-28-39-16-12-13-17-40(39)29-42(41)46/h12-21,24,27-29,32-33H,7-8,11,22-23,25-26,30H2,1-6,9-10H3/b20-18-,21-19-,24-14-,31-15+,38-27?,47-34?,48-35?. The Morgan fingerprint density at radius 2 is 1.40 bits per heavy atom. The normalized spacial score (nSPS) is 26.9. The number of hydrogen-bond acceptors (Lipinski definition) is 6. The van der Waals surface area contributed by atoms with E-state index in [-0.39, 0.29) is 36.6 Å².